The van der Waals surface area contributed by atoms with Gasteiger partial charge in [0.25, 0.3) is 5.24 Å². The largest absolute Gasteiger partial charge is 0.489 e. The number of hydrogen-bond donors (Lipinski definition) is 0. The third-order valence-electron chi connectivity index (χ3n) is 1.65. The molecule has 7 heteroatoms. The number of ether oxygens (including phenoxy) is 1. The van der Waals surface area contributed by atoms with Gasteiger partial charge >= 0.3 is 5.69 Å². The van der Waals surface area contributed by atoms with Crippen LogP contribution >= 0.6 is 23.2 Å². The lowest BCUT2D eigenvalue weighted by Crippen LogP contribution is -1.98. The minimum absolute atomic E-state index is 0.0318. The predicted molar refractivity (Wildman–Crippen MR) is 54.8 cm³/mol. The molecule has 15 heavy (non-hydrogen) atoms. The Labute approximate surface area is 94.7 Å². The van der Waals surface area contributed by atoms with E-state index in [1.54, 1.807) is 0 Å². The Balaban J connectivity index is 3.45. The van der Waals surface area contributed by atoms with Crippen LogP contribution in [-0.4, -0.2) is 17.3 Å². The van der Waals surface area contributed by atoms with Crippen LogP contribution in [0.4, 0.5) is 5.69 Å². The number of hydrogen-bond acceptors (Lipinski definition) is 4. The number of nitrogens with zero attached hydrogens (tertiary/aromatic N) is 1. The summed E-state index contributed by atoms with van der Waals surface area (Å²) in [6.07, 6.45) is 0. The van der Waals surface area contributed by atoms with E-state index in [0.29, 0.717) is 0 Å². The van der Waals surface area contributed by atoms with Crippen LogP contribution in [0.5, 0.6) is 5.75 Å². The summed E-state index contributed by atoms with van der Waals surface area (Å²) >= 11 is 10.9. The van der Waals surface area contributed by atoms with Crippen LogP contribution in [0.15, 0.2) is 12.1 Å². The molecule has 0 aliphatic heterocycles. The Bertz CT molecular complexity index is 433. The van der Waals surface area contributed by atoms with Gasteiger partial charge in [0.1, 0.15) is 0 Å². The van der Waals surface area contributed by atoms with E-state index in [4.69, 9.17) is 27.9 Å². The van der Waals surface area contributed by atoms with Gasteiger partial charge in [-0.3, -0.25) is 14.9 Å². The first-order valence-corrected chi connectivity index (χ1v) is 4.44. The number of carbonyl (C=O) groups is 1. The molecule has 1 rings (SSSR count). The Morgan fingerprint density at radius 2 is 2.13 bits per heavy atom. The van der Waals surface area contributed by atoms with Crippen molar-refractivity contribution in [3.05, 3.63) is 32.8 Å². The van der Waals surface area contributed by atoms with E-state index in [0.717, 1.165) is 6.07 Å². The van der Waals surface area contributed by atoms with Crippen molar-refractivity contribution in [1.82, 2.24) is 0 Å². The van der Waals surface area contributed by atoms with Crippen LogP contribution in [0.25, 0.3) is 0 Å². The van der Waals surface area contributed by atoms with Gasteiger partial charge in [-0.25, -0.2) is 0 Å². The molecule has 0 aliphatic rings. The van der Waals surface area contributed by atoms with Gasteiger partial charge in [0, 0.05) is 11.6 Å². The summed E-state index contributed by atoms with van der Waals surface area (Å²) in [5.41, 5.74) is -0.442. The molecule has 0 heterocycles. The number of benzene rings is 1. The maximum absolute atomic E-state index is 10.8. The second kappa shape index (κ2) is 4.46. The Hall–Kier alpha value is -1.33. The summed E-state index contributed by atoms with van der Waals surface area (Å²) < 4.78 is 4.74. The molecular formula is C8H5Cl2NO4. The molecule has 0 saturated heterocycles. The minimum Gasteiger partial charge on any atom is -0.489 e. The molecule has 80 valence electrons. The van der Waals surface area contributed by atoms with Gasteiger partial charge in [0.2, 0.25) is 5.75 Å². The highest BCUT2D eigenvalue weighted by atomic mass is 35.5. The minimum atomic E-state index is -0.817. The van der Waals surface area contributed by atoms with Crippen LogP contribution < -0.4 is 4.74 Å². The van der Waals surface area contributed by atoms with E-state index >= 15 is 0 Å². The Morgan fingerprint density at radius 1 is 1.53 bits per heavy atom. The Kier molecular flexibility index (Phi) is 3.49. The summed E-state index contributed by atoms with van der Waals surface area (Å²) in [4.78, 5) is 20.7. The van der Waals surface area contributed by atoms with Crippen molar-refractivity contribution in [1.29, 1.82) is 0 Å². The number of nitro groups is 1. The fourth-order valence-electron chi connectivity index (χ4n) is 1.03. The first-order chi connectivity index (χ1) is 6.97. The van der Waals surface area contributed by atoms with Gasteiger partial charge < -0.3 is 4.74 Å². The van der Waals surface area contributed by atoms with Crippen LogP contribution in [0.2, 0.25) is 5.02 Å². The highest BCUT2D eigenvalue weighted by Crippen LogP contribution is 2.36. The number of nitro benzene ring substituents is 1. The fourth-order valence-corrected chi connectivity index (χ4v) is 1.43. The molecule has 0 bridgehead atoms. The van der Waals surface area contributed by atoms with Crippen molar-refractivity contribution in [3.63, 3.8) is 0 Å². The second-order valence-corrected chi connectivity index (χ2v) is 3.29. The zero-order valence-corrected chi connectivity index (χ0v) is 9.00. The van der Waals surface area contributed by atoms with Crippen molar-refractivity contribution >= 4 is 34.1 Å². The zero-order valence-electron chi connectivity index (χ0n) is 7.49. The molecule has 0 saturated carbocycles. The van der Waals surface area contributed by atoms with Crippen LogP contribution in [0.1, 0.15) is 10.4 Å². The lowest BCUT2D eigenvalue weighted by Gasteiger charge is -2.04. The SMILES string of the molecule is COc1c(Cl)cc(C(=O)Cl)cc1[N+](=O)[O-]. The topological polar surface area (TPSA) is 69.4 Å². The van der Waals surface area contributed by atoms with Crippen LogP contribution in [0, 0.1) is 10.1 Å². The summed E-state index contributed by atoms with van der Waals surface area (Å²) in [5.74, 6) is -0.0941. The van der Waals surface area contributed by atoms with Gasteiger partial charge in [0.15, 0.2) is 0 Å². The van der Waals surface area contributed by atoms with E-state index in [1.165, 1.54) is 13.2 Å². The van der Waals surface area contributed by atoms with E-state index in [9.17, 15) is 14.9 Å². The molecule has 0 atom stereocenters. The lowest BCUT2D eigenvalue weighted by atomic mass is 10.2. The number of carbonyl (C=O) groups excluding carboxylic acids is 1. The number of rotatable bonds is 3. The first-order valence-electron chi connectivity index (χ1n) is 3.69. The van der Waals surface area contributed by atoms with Gasteiger partial charge in [0.05, 0.1) is 17.1 Å². The van der Waals surface area contributed by atoms with Crippen molar-refractivity contribution in [2.75, 3.05) is 7.11 Å². The molecule has 0 spiro atoms. The molecular weight excluding hydrogens is 245 g/mol. The van der Waals surface area contributed by atoms with Crippen molar-refractivity contribution in [2.24, 2.45) is 0 Å². The normalized spacial score (nSPS) is 9.80. The molecule has 0 radical (unpaired) electrons. The molecule has 0 unspecified atom stereocenters. The summed E-state index contributed by atoms with van der Waals surface area (Å²) in [7, 11) is 1.25. The highest BCUT2D eigenvalue weighted by molar-refractivity contribution is 6.67. The van der Waals surface area contributed by atoms with E-state index in [-0.39, 0.29) is 16.3 Å². The predicted octanol–water partition coefficient (Wildman–Crippen LogP) is 2.64. The highest BCUT2D eigenvalue weighted by Gasteiger charge is 2.21. The van der Waals surface area contributed by atoms with Crippen molar-refractivity contribution < 1.29 is 14.5 Å². The zero-order chi connectivity index (χ0) is 11.6. The number of methoxy groups -OCH3 is 1. The van der Waals surface area contributed by atoms with Gasteiger partial charge in [-0.2, -0.15) is 0 Å². The van der Waals surface area contributed by atoms with Gasteiger partial charge in [-0.05, 0) is 17.7 Å². The molecule has 0 aliphatic carbocycles. The maximum Gasteiger partial charge on any atom is 0.313 e. The molecule has 0 N–H and O–H groups in total. The molecule has 5 nitrogen and oxygen atoms in total. The summed E-state index contributed by atoms with van der Waals surface area (Å²) in [5, 5.41) is 9.77. The first kappa shape index (κ1) is 11.7. The average molecular weight is 250 g/mol. The third kappa shape index (κ3) is 2.37. The second-order valence-electron chi connectivity index (χ2n) is 2.54. The Morgan fingerprint density at radius 3 is 2.53 bits per heavy atom. The van der Waals surface area contributed by atoms with Crippen molar-refractivity contribution in [2.45, 2.75) is 0 Å². The summed E-state index contributed by atoms with van der Waals surface area (Å²) in [6.45, 7) is 0. The van der Waals surface area contributed by atoms with E-state index in [1.807, 2.05) is 0 Å². The maximum atomic E-state index is 10.8. The average Bonchev–Trinajstić information content (AvgIpc) is 2.16. The van der Waals surface area contributed by atoms with E-state index in [2.05, 4.69) is 0 Å². The van der Waals surface area contributed by atoms with Gasteiger partial charge in [-0.1, -0.05) is 11.6 Å². The molecule has 1 aromatic carbocycles. The molecule has 0 fully saturated rings. The lowest BCUT2D eigenvalue weighted by molar-refractivity contribution is -0.385. The van der Waals surface area contributed by atoms with Crippen LogP contribution in [0.3, 0.4) is 0 Å². The molecule has 0 aromatic heterocycles. The van der Waals surface area contributed by atoms with E-state index < -0.39 is 15.9 Å². The van der Waals surface area contributed by atoms with Crippen molar-refractivity contribution in [3.8, 4) is 5.75 Å². The van der Waals surface area contributed by atoms with Crippen LogP contribution in [-0.2, 0) is 0 Å². The molecule has 0 amide bonds. The smallest absolute Gasteiger partial charge is 0.313 e. The monoisotopic (exact) mass is 249 g/mol. The molecule has 1 aromatic rings. The number of halogens is 2. The standard InChI is InChI=1S/C8H5Cl2NO4/c1-15-7-5(9)2-4(8(10)12)3-6(7)11(13)14/h2-3H,1H3. The quantitative estimate of drug-likeness (QED) is 0.469. The fraction of sp³-hybridized carbons (Fsp3) is 0.125. The van der Waals surface area contributed by atoms with Gasteiger partial charge in [-0.15, -0.1) is 0 Å². The summed E-state index contributed by atoms with van der Waals surface area (Å²) in [6, 6.07) is 2.22. The third-order valence-corrected chi connectivity index (χ3v) is 2.15.